The summed E-state index contributed by atoms with van der Waals surface area (Å²) in [7, 11) is -0.733. The van der Waals surface area contributed by atoms with E-state index >= 15 is 0 Å². The highest BCUT2D eigenvalue weighted by molar-refractivity contribution is 7.78. The van der Waals surface area contributed by atoms with Gasteiger partial charge in [0, 0.05) is 40.3 Å². The number of amides is 1. The summed E-state index contributed by atoms with van der Waals surface area (Å²) in [5.74, 6) is -0.207. The summed E-state index contributed by atoms with van der Waals surface area (Å²) in [6.45, 7) is 1.35. The average molecular weight is 566 g/mol. The molecule has 0 spiro atoms. The molecule has 0 aliphatic carbocycles. The molecule has 7 heteroatoms. The molecule has 0 bridgehead atoms. The zero-order chi connectivity index (χ0) is 28.0. The molecule has 4 aromatic carbocycles. The van der Waals surface area contributed by atoms with Crippen LogP contribution >= 0.6 is 18.5 Å². The summed E-state index contributed by atoms with van der Waals surface area (Å²) in [5, 5.41) is 6.74. The molecule has 0 fully saturated rings. The Bertz CT molecular complexity index is 1560. The number of nitrogen functional groups attached to an aromatic ring is 1. The van der Waals surface area contributed by atoms with Gasteiger partial charge in [0.25, 0.3) is 5.91 Å². The highest BCUT2D eigenvalue weighted by atomic mass is 32.1. The van der Waals surface area contributed by atoms with Crippen LogP contribution < -0.4 is 21.7 Å². The Morgan fingerprint density at radius 3 is 2.10 bits per heavy atom. The lowest BCUT2D eigenvalue weighted by Gasteiger charge is -2.23. The predicted octanol–water partition coefficient (Wildman–Crippen LogP) is 6.70. The van der Waals surface area contributed by atoms with Crippen LogP contribution in [0.25, 0.3) is 10.4 Å². The van der Waals surface area contributed by atoms with Crippen molar-refractivity contribution >= 4 is 46.4 Å². The molecule has 0 radical (unpaired) electrons. The van der Waals surface area contributed by atoms with Gasteiger partial charge in [0.1, 0.15) is 7.14 Å². The maximum atomic E-state index is 14.3. The molecule has 0 saturated carbocycles. The normalized spacial score (nSPS) is 11.4. The van der Waals surface area contributed by atoms with Crippen LogP contribution in [0, 0.1) is 0 Å². The van der Waals surface area contributed by atoms with Gasteiger partial charge in [-0.1, -0.05) is 84.9 Å². The number of carbonyl (C=O) groups excluding carboxylic acids is 1. The van der Waals surface area contributed by atoms with Crippen molar-refractivity contribution in [2.45, 2.75) is 6.54 Å². The van der Waals surface area contributed by atoms with E-state index in [2.05, 4.69) is 10.2 Å². The minimum absolute atomic E-state index is 0.207. The molecule has 5 aromatic rings. The first-order chi connectivity index (χ1) is 19.4. The van der Waals surface area contributed by atoms with Crippen LogP contribution in [0.5, 0.6) is 0 Å². The lowest BCUT2D eigenvalue weighted by Crippen LogP contribution is -2.27. The highest BCUT2D eigenvalue weighted by Crippen LogP contribution is 2.43. The number of thiophene rings is 1. The standard InChI is InChI=1S/C33H32N3O2PS/c1-36(20-21-39(38,28-9-4-2-5-10-28)29-11-6-3-7-12-29)24-25-14-16-26(17-15-25)33(37)35-31-23-27(18-19-30(31)34)32-13-8-22-40-32/h2-19,22-23H,20-21,24,34H2,1H3,(H,35,37). The predicted molar refractivity (Wildman–Crippen MR) is 170 cm³/mol. The lowest BCUT2D eigenvalue weighted by molar-refractivity contribution is 0.102. The Hall–Kier alpha value is -3.96. The number of rotatable bonds is 10. The van der Waals surface area contributed by atoms with Crippen molar-refractivity contribution in [1.82, 2.24) is 4.90 Å². The van der Waals surface area contributed by atoms with Gasteiger partial charge in [0.05, 0.1) is 11.4 Å². The van der Waals surface area contributed by atoms with E-state index < -0.39 is 7.14 Å². The van der Waals surface area contributed by atoms with E-state index in [1.807, 2.05) is 128 Å². The molecule has 202 valence electrons. The Labute approximate surface area is 239 Å². The maximum absolute atomic E-state index is 14.3. The fraction of sp³-hybridized carbons (Fsp3) is 0.121. The quantitative estimate of drug-likeness (QED) is 0.146. The van der Waals surface area contributed by atoms with Crippen molar-refractivity contribution in [2.24, 2.45) is 0 Å². The lowest BCUT2D eigenvalue weighted by atomic mass is 10.1. The van der Waals surface area contributed by atoms with Gasteiger partial charge in [-0.25, -0.2) is 0 Å². The van der Waals surface area contributed by atoms with Crippen molar-refractivity contribution in [3.05, 3.63) is 132 Å². The van der Waals surface area contributed by atoms with Crippen LogP contribution in [0.4, 0.5) is 11.4 Å². The molecule has 0 aliphatic heterocycles. The molecule has 1 amide bonds. The van der Waals surface area contributed by atoms with Crippen molar-refractivity contribution < 1.29 is 9.36 Å². The second-order valence-electron chi connectivity index (χ2n) is 9.80. The number of anilines is 2. The van der Waals surface area contributed by atoms with Gasteiger partial charge < -0.3 is 20.5 Å². The van der Waals surface area contributed by atoms with Crippen molar-refractivity contribution in [3.8, 4) is 10.4 Å². The third-order valence-corrected chi connectivity index (χ3v) is 10.9. The first kappa shape index (κ1) is 27.6. The van der Waals surface area contributed by atoms with E-state index in [0.717, 1.165) is 26.6 Å². The molecule has 5 nitrogen and oxygen atoms in total. The molecular weight excluding hydrogens is 533 g/mol. The second-order valence-corrected chi connectivity index (χ2v) is 13.7. The van der Waals surface area contributed by atoms with E-state index in [4.69, 9.17) is 5.73 Å². The number of nitrogens with one attached hydrogen (secondary N) is 1. The molecule has 0 atom stereocenters. The van der Waals surface area contributed by atoms with Crippen LogP contribution in [-0.2, 0) is 11.1 Å². The van der Waals surface area contributed by atoms with Gasteiger partial charge in [0.2, 0.25) is 0 Å². The molecule has 40 heavy (non-hydrogen) atoms. The third-order valence-electron chi connectivity index (χ3n) is 6.92. The van der Waals surface area contributed by atoms with Gasteiger partial charge in [-0.15, -0.1) is 11.3 Å². The summed E-state index contributed by atoms with van der Waals surface area (Å²) in [6.07, 6.45) is 0.546. The number of benzene rings is 4. The van der Waals surface area contributed by atoms with Crippen LogP contribution in [0.3, 0.4) is 0 Å². The molecule has 1 heterocycles. The molecule has 1 aromatic heterocycles. The first-order valence-electron chi connectivity index (χ1n) is 13.1. The van der Waals surface area contributed by atoms with E-state index in [1.165, 1.54) is 0 Å². The van der Waals surface area contributed by atoms with Crippen molar-refractivity contribution in [3.63, 3.8) is 0 Å². The van der Waals surface area contributed by atoms with E-state index in [1.54, 1.807) is 11.3 Å². The number of nitrogens with two attached hydrogens (primary N) is 1. The fourth-order valence-corrected chi connectivity index (χ4v) is 8.13. The van der Waals surface area contributed by atoms with Gasteiger partial charge in [-0.05, 0) is 53.9 Å². The smallest absolute Gasteiger partial charge is 0.255 e. The topological polar surface area (TPSA) is 75.4 Å². The third kappa shape index (κ3) is 6.43. The number of carbonyl (C=O) groups is 1. The number of nitrogens with zero attached hydrogens (tertiary/aromatic N) is 1. The number of hydrogen-bond donors (Lipinski definition) is 2. The minimum atomic E-state index is -2.77. The van der Waals surface area contributed by atoms with Crippen molar-refractivity contribution in [1.29, 1.82) is 0 Å². The van der Waals surface area contributed by atoms with Gasteiger partial charge in [-0.2, -0.15) is 0 Å². The van der Waals surface area contributed by atoms with E-state index in [-0.39, 0.29) is 5.91 Å². The Kier molecular flexibility index (Phi) is 8.61. The molecule has 5 rings (SSSR count). The van der Waals surface area contributed by atoms with E-state index in [9.17, 15) is 9.36 Å². The van der Waals surface area contributed by atoms with Gasteiger partial charge >= 0.3 is 0 Å². The molecule has 0 aliphatic rings. The van der Waals surface area contributed by atoms with Crippen LogP contribution in [0.1, 0.15) is 15.9 Å². The monoisotopic (exact) mass is 565 g/mol. The molecule has 0 saturated heterocycles. The summed E-state index contributed by atoms with van der Waals surface area (Å²) >= 11 is 1.64. The zero-order valence-electron chi connectivity index (χ0n) is 22.4. The van der Waals surface area contributed by atoms with Crippen LogP contribution in [-0.4, -0.2) is 30.6 Å². The summed E-state index contributed by atoms with van der Waals surface area (Å²) in [5.41, 5.74) is 9.92. The molecule has 3 N–H and O–H groups in total. The number of hydrogen-bond acceptors (Lipinski definition) is 5. The van der Waals surface area contributed by atoms with Crippen LogP contribution in [0.15, 0.2) is 121 Å². The Morgan fingerprint density at radius 1 is 0.850 bits per heavy atom. The summed E-state index contributed by atoms with van der Waals surface area (Å²) < 4.78 is 14.3. The highest BCUT2D eigenvalue weighted by Gasteiger charge is 2.27. The van der Waals surface area contributed by atoms with Crippen molar-refractivity contribution in [2.75, 3.05) is 30.8 Å². The summed E-state index contributed by atoms with van der Waals surface area (Å²) in [4.78, 5) is 16.3. The summed E-state index contributed by atoms with van der Waals surface area (Å²) in [6, 6.07) is 36.8. The van der Waals surface area contributed by atoms with E-state index in [0.29, 0.717) is 36.2 Å². The van der Waals surface area contributed by atoms with Gasteiger partial charge in [-0.3, -0.25) is 4.79 Å². The second kappa shape index (κ2) is 12.5. The SMILES string of the molecule is CN(CCP(=O)(c1ccccc1)c1ccccc1)Cc1ccc(C(=O)Nc2cc(-c3cccs3)ccc2N)cc1. The van der Waals surface area contributed by atoms with Gasteiger partial charge in [0.15, 0.2) is 0 Å². The first-order valence-corrected chi connectivity index (χ1v) is 15.9. The van der Waals surface area contributed by atoms with Crippen LogP contribution in [0.2, 0.25) is 0 Å². The Balaban J connectivity index is 1.22. The Morgan fingerprint density at radius 2 is 1.50 bits per heavy atom. The molecule has 0 unspecified atom stereocenters. The molecular formula is C33H32N3O2PS. The largest absolute Gasteiger partial charge is 0.397 e. The zero-order valence-corrected chi connectivity index (χ0v) is 24.1. The minimum Gasteiger partial charge on any atom is -0.397 e. The average Bonchev–Trinajstić information content (AvgIpc) is 3.54. The fourth-order valence-electron chi connectivity index (χ4n) is 4.66. The maximum Gasteiger partial charge on any atom is 0.255 e.